The second-order valence-electron chi connectivity index (χ2n) is 5.05. The van der Waals surface area contributed by atoms with E-state index in [4.69, 9.17) is 9.84 Å². The third-order valence-electron chi connectivity index (χ3n) is 2.98. The van der Waals surface area contributed by atoms with Gasteiger partial charge in [-0.2, -0.15) is 0 Å². The highest BCUT2D eigenvalue weighted by molar-refractivity contribution is 5.92. The summed E-state index contributed by atoms with van der Waals surface area (Å²) in [7, 11) is 0. The number of benzene rings is 1. The molecule has 0 aliphatic carbocycles. The Kier molecular flexibility index (Phi) is 5.24. The number of rotatable bonds is 6. The number of aryl methyl sites for hydroxylation is 1. The van der Waals surface area contributed by atoms with Gasteiger partial charge in [0.2, 0.25) is 0 Å². The predicted octanol–water partition coefficient (Wildman–Crippen LogP) is 1.68. The lowest BCUT2D eigenvalue weighted by atomic mass is 10.2. The Morgan fingerprint density at radius 2 is 1.96 bits per heavy atom. The van der Waals surface area contributed by atoms with Crippen LogP contribution in [-0.2, 0) is 0 Å². The third kappa shape index (κ3) is 4.77. The van der Waals surface area contributed by atoms with Gasteiger partial charge < -0.3 is 15.2 Å². The summed E-state index contributed by atoms with van der Waals surface area (Å²) in [6, 6.07) is 7.63. The predicted molar refractivity (Wildman–Crippen MR) is 82.6 cm³/mol. The molecule has 1 heterocycles. The Balaban J connectivity index is 1.87. The number of hydrogen-bond donors (Lipinski definition) is 2. The molecule has 1 aromatic carbocycles. The van der Waals surface area contributed by atoms with E-state index in [1.54, 1.807) is 0 Å². The van der Waals surface area contributed by atoms with Crippen molar-refractivity contribution in [3.05, 3.63) is 53.6 Å². The summed E-state index contributed by atoms with van der Waals surface area (Å²) in [6.07, 6.45) is 1.95. The van der Waals surface area contributed by atoms with E-state index >= 15 is 0 Å². The second kappa shape index (κ2) is 7.35. The third-order valence-corrected chi connectivity index (χ3v) is 2.98. The molecule has 1 unspecified atom stereocenters. The smallest absolute Gasteiger partial charge is 0.356 e. The maximum absolute atomic E-state index is 11.9. The summed E-state index contributed by atoms with van der Waals surface area (Å²) >= 11 is 0. The zero-order valence-electron chi connectivity index (χ0n) is 12.8. The minimum Gasteiger partial charge on any atom is -0.489 e. The van der Waals surface area contributed by atoms with Gasteiger partial charge in [0.25, 0.3) is 5.91 Å². The lowest BCUT2D eigenvalue weighted by Gasteiger charge is -2.15. The Labute approximate surface area is 133 Å². The summed E-state index contributed by atoms with van der Waals surface area (Å²) in [5, 5.41) is 11.4. The van der Waals surface area contributed by atoms with Crippen LogP contribution in [0, 0.1) is 6.92 Å². The summed E-state index contributed by atoms with van der Waals surface area (Å²) in [4.78, 5) is 30.0. The largest absolute Gasteiger partial charge is 0.489 e. The van der Waals surface area contributed by atoms with Crippen molar-refractivity contribution in [2.45, 2.75) is 20.0 Å². The van der Waals surface area contributed by atoms with Gasteiger partial charge >= 0.3 is 5.97 Å². The zero-order valence-corrected chi connectivity index (χ0v) is 12.8. The Bertz CT molecular complexity index is 701. The molecule has 120 valence electrons. The number of aromatic carboxylic acids is 1. The van der Waals surface area contributed by atoms with E-state index < -0.39 is 11.9 Å². The minimum absolute atomic E-state index is 0.0535. The van der Waals surface area contributed by atoms with Gasteiger partial charge in [0.1, 0.15) is 17.5 Å². The summed E-state index contributed by atoms with van der Waals surface area (Å²) in [5.41, 5.74) is 0.933. The van der Waals surface area contributed by atoms with Gasteiger partial charge in [-0.1, -0.05) is 12.1 Å². The molecule has 0 bridgehead atoms. The molecule has 1 amide bonds. The molecule has 7 nitrogen and oxygen atoms in total. The van der Waals surface area contributed by atoms with E-state index in [0.29, 0.717) is 0 Å². The lowest BCUT2D eigenvalue weighted by Crippen LogP contribution is -2.34. The van der Waals surface area contributed by atoms with Crippen molar-refractivity contribution < 1.29 is 19.4 Å². The van der Waals surface area contributed by atoms with Crippen molar-refractivity contribution in [1.82, 2.24) is 15.3 Å². The summed E-state index contributed by atoms with van der Waals surface area (Å²) < 4.78 is 5.70. The minimum atomic E-state index is -1.19. The van der Waals surface area contributed by atoms with Crippen molar-refractivity contribution >= 4 is 11.9 Å². The number of carboxylic acids is 1. The number of carbonyl (C=O) groups is 2. The summed E-state index contributed by atoms with van der Waals surface area (Å²) in [5.74, 6) is -0.892. The van der Waals surface area contributed by atoms with Crippen LogP contribution in [-0.4, -0.2) is 39.6 Å². The average molecular weight is 315 g/mol. The SMILES string of the molecule is Cc1cccc(OC(C)CNC(=O)c2cnc(C(=O)O)cn2)c1. The van der Waals surface area contributed by atoms with Gasteiger partial charge in [0.15, 0.2) is 5.69 Å². The molecule has 23 heavy (non-hydrogen) atoms. The van der Waals surface area contributed by atoms with E-state index in [-0.39, 0.29) is 24.0 Å². The van der Waals surface area contributed by atoms with Crippen LogP contribution < -0.4 is 10.1 Å². The van der Waals surface area contributed by atoms with E-state index in [2.05, 4.69) is 15.3 Å². The number of aromatic nitrogens is 2. The summed E-state index contributed by atoms with van der Waals surface area (Å²) in [6.45, 7) is 4.09. The van der Waals surface area contributed by atoms with Crippen LogP contribution in [0.15, 0.2) is 36.7 Å². The van der Waals surface area contributed by atoms with Crippen molar-refractivity contribution in [3.63, 3.8) is 0 Å². The molecule has 0 spiro atoms. The Hall–Kier alpha value is -2.96. The highest BCUT2D eigenvalue weighted by atomic mass is 16.5. The molecule has 1 aromatic heterocycles. The van der Waals surface area contributed by atoms with Gasteiger partial charge in [0, 0.05) is 0 Å². The van der Waals surface area contributed by atoms with Crippen LogP contribution in [0.5, 0.6) is 5.75 Å². The van der Waals surface area contributed by atoms with E-state index in [1.807, 2.05) is 38.1 Å². The number of carboxylic acid groups (broad SMARTS) is 1. The van der Waals surface area contributed by atoms with Crippen LogP contribution in [0.1, 0.15) is 33.5 Å². The molecule has 0 saturated heterocycles. The highest BCUT2D eigenvalue weighted by Crippen LogP contribution is 2.13. The topological polar surface area (TPSA) is 101 Å². The fraction of sp³-hybridized carbons (Fsp3) is 0.250. The number of nitrogens with zero attached hydrogens (tertiary/aromatic N) is 2. The van der Waals surface area contributed by atoms with Crippen LogP contribution in [0.3, 0.4) is 0 Å². The van der Waals surface area contributed by atoms with Gasteiger partial charge in [0.05, 0.1) is 18.9 Å². The lowest BCUT2D eigenvalue weighted by molar-refractivity contribution is 0.0689. The standard InChI is InChI=1S/C16H17N3O4/c1-10-4-3-5-12(6-10)23-11(2)7-19-15(20)13-8-18-14(9-17-13)16(21)22/h3-6,8-9,11H,7H2,1-2H3,(H,19,20)(H,21,22). The molecular weight excluding hydrogens is 298 g/mol. The highest BCUT2D eigenvalue weighted by Gasteiger charge is 2.12. The molecule has 0 aliphatic rings. The molecule has 0 radical (unpaired) electrons. The van der Waals surface area contributed by atoms with E-state index in [0.717, 1.165) is 23.7 Å². The molecule has 0 saturated carbocycles. The quantitative estimate of drug-likeness (QED) is 0.841. The van der Waals surface area contributed by atoms with Crippen molar-refractivity contribution in [1.29, 1.82) is 0 Å². The van der Waals surface area contributed by atoms with Gasteiger partial charge in [-0.3, -0.25) is 4.79 Å². The Morgan fingerprint density at radius 1 is 1.26 bits per heavy atom. The molecule has 0 fully saturated rings. The number of amides is 1. The maximum Gasteiger partial charge on any atom is 0.356 e. The first-order valence-electron chi connectivity index (χ1n) is 7.02. The first-order chi connectivity index (χ1) is 11.0. The van der Waals surface area contributed by atoms with Gasteiger partial charge in [-0.25, -0.2) is 14.8 Å². The number of ether oxygens (including phenoxy) is 1. The maximum atomic E-state index is 11.9. The molecule has 7 heteroatoms. The molecule has 2 aromatic rings. The van der Waals surface area contributed by atoms with Crippen LogP contribution in [0.25, 0.3) is 0 Å². The van der Waals surface area contributed by atoms with E-state index in [9.17, 15) is 9.59 Å². The van der Waals surface area contributed by atoms with Crippen molar-refractivity contribution in [3.8, 4) is 5.75 Å². The molecular formula is C16H17N3O4. The fourth-order valence-corrected chi connectivity index (χ4v) is 1.85. The first kappa shape index (κ1) is 16.4. The normalized spacial score (nSPS) is 11.6. The molecule has 2 N–H and O–H groups in total. The second-order valence-corrected chi connectivity index (χ2v) is 5.05. The van der Waals surface area contributed by atoms with E-state index in [1.165, 1.54) is 0 Å². The van der Waals surface area contributed by atoms with Crippen LogP contribution in [0.2, 0.25) is 0 Å². The molecule has 2 rings (SSSR count). The number of carbonyl (C=O) groups excluding carboxylic acids is 1. The van der Waals surface area contributed by atoms with Gasteiger partial charge in [-0.15, -0.1) is 0 Å². The van der Waals surface area contributed by atoms with Crippen molar-refractivity contribution in [2.24, 2.45) is 0 Å². The van der Waals surface area contributed by atoms with Crippen LogP contribution >= 0.6 is 0 Å². The zero-order chi connectivity index (χ0) is 16.8. The monoisotopic (exact) mass is 315 g/mol. The van der Waals surface area contributed by atoms with Gasteiger partial charge in [-0.05, 0) is 31.5 Å². The van der Waals surface area contributed by atoms with Crippen LogP contribution in [0.4, 0.5) is 0 Å². The van der Waals surface area contributed by atoms with Crippen molar-refractivity contribution in [2.75, 3.05) is 6.54 Å². The molecule has 0 aliphatic heterocycles. The molecule has 1 atom stereocenters. The fourth-order valence-electron chi connectivity index (χ4n) is 1.85. The average Bonchev–Trinajstić information content (AvgIpc) is 2.52. The Morgan fingerprint density at radius 3 is 2.57 bits per heavy atom. The number of nitrogens with one attached hydrogen (secondary N) is 1. The number of hydrogen-bond acceptors (Lipinski definition) is 5. The first-order valence-corrected chi connectivity index (χ1v) is 7.02.